The average molecular weight is 477 g/mol. The summed E-state index contributed by atoms with van der Waals surface area (Å²) in [6, 6.07) is 9.24. The van der Waals surface area contributed by atoms with E-state index in [4.69, 9.17) is 4.74 Å². The predicted molar refractivity (Wildman–Crippen MR) is 114 cm³/mol. The maximum absolute atomic E-state index is 13.1. The monoisotopic (exact) mass is 477 g/mol. The Bertz CT molecular complexity index is 1140. The zero-order valence-electron chi connectivity index (χ0n) is 18.4. The number of rotatable bonds is 5. The molecule has 2 aromatic rings. The van der Waals surface area contributed by atoms with Crippen molar-refractivity contribution in [3.05, 3.63) is 53.6 Å². The van der Waals surface area contributed by atoms with E-state index in [-0.39, 0.29) is 5.56 Å². The van der Waals surface area contributed by atoms with Crippen molar-refractivity contribution in [3.63, 3.8) is 0 Å². The summed E-state index contributed by atoms with van der Waals surface area (Å²) in [5.41, 5.74) is 0.349. The number of methoxy groups -OCH3 is 1. The normalized spacial score (nSPS) is 20.1. The Hall–Kier alpha value is -3.76. The molecular formula is C23H22F3N3O5. The number of nitrogens with zero attached hydrogens (tertiary/aromatic N) is 2. The Morgan fingerprint density at radius 3 is 2.44 bits per heavy atom. The highest BCUT2D eigenvalue weighted by atomic mass is 19.4. The SMILES string of the molecule is COc1ccc2c(c1)CCCN2C(=O)CN1C(=O)NC(C)(c2ccc(OC(F)(F)F)cc2)C1=O. The van der Waals surface area contributed by atoms with E-state index >= 15 is 0 Å². The van der Waals surface area contributed by atoms with Gasteiger partial charge >= 0.3 is 12.4 Å². The number of fused-ring (bicyclic) bond motifs is 1. The molecular weight excluding hydrogens is 455 g/mol. The second-order valence-electron chi connectivity index (χ2n) is 8.16. The van der Waals surface area contributed by atoms with Crippen LogP contribution in [0.15, 0.2) is 42.5 Å². The Balaban J connectivity index is 1.51. The summed E-state index contributed by atoms with van der Waals surface area (Å²) in [5.74, 6) is -0.885. The summed E-state index contributed by atoms with van der Waals surface area (Å²) >= 11 is 0. The van der Waals surface area contributed by atoms with Crippen molar-refractivity contribution in [1.29, 1.82) is 0 Å². The number of benzene rings is 2. The van der Waals surface area contributed by atoms with E-state index in [0.29, 0.717) is 18.0 Å². The first-order chi connectivity index (χ1) is 16.0. The molecule has 0 aliphatic carbocycles. The number of urea groups is 1. The van der Waals surface area contributed by atoms with Crippen LogP contribution in [0.2, 0.25) is 0 Å². The van der Waals surface area contributed by atoms with Gasteiger partial charge in [0.1, 0.15) is 23.6 Å². The highest BCUT2D eigenvalue weighted by molar-refractivity contribution is 6.10. The molecule has 34 heavy (non-hydrogen) atoms. The van der Waals surface area contributed by atoms with Gasteiger partial charge < -0.3 is 19.7 Å². The summed E-state index contributed by atoms with van der Waals surface area (Å²) in [6.07, 6.45) is -3.36. The van der Waals surface area contributed by atoms with E-state index in [2.05, 4.69) is 10.1 Å². The molecule has 2 aliphatic heterocycles. The molecule has 8 nitrogen and oxygen atoms in total. The Morgan fingerprint density at radius 2 is 1.79 bits per heavy atom. The van der Waals surface area contributed by atoms with Crippen molar-refractivity contribution in [2.24, 2.45) is 0 Å². The highest BCUT2D eigenvalue weighted by Crippen LogP contribution is 2.33. The summed E-state index contributed by atoms with van der Waals surface area (Å²) in [6.45, 7) is 1.40. The summed E-state index contributed by atoms with van der Waals surface area (Å²) < 4.78 is 46.3. The van der Waals surface area contributed by atoms with Gasteiger partial charge in [-0.15, -0.1) is 13.2 Å². The van der Waals surface area contributed by atoms with Gasteiger partial charge in [0.05, 0.1) is 7.11 Å². The fraction of sp³-hybridized carbons (Fsp3) is 0.348. The number of ether oxygens (including phenoxy) is 2. The van der Waals surface area contributed by atoms with Gasteiger partial charge in [0.2, 0.25) is 5.91 Å². The lowest BCUT2D eigenvalue weighted by Gasteiger charge is -2.31. The molecule has 4 rings (SSSR count). The average Bonchev–Trinajstić information content (AvgIpc) is 3.01. The molecule has 0 spiro atoms. The number of anilines is 1. The number of alkyl halides is 3. The van der Waals surface area contributed by atoms with E-state index in [1.54, 1.807) is 19.2 Å². The van der Waals surface area contributed by atoms with Gasteiger partial charge in [-0.1, -0.05) is 12.1 Å². The second-order valence-corrected chi connectivity index (χ2v) is 8.16. The molecule has 0 radical (unpaired) electrons. The molecule has 11 heteroatoms. The number of imide groups is 1. The van der Waals surface area contributed by atoms with E-state index in [9.17, 15) is 27.6 Å². The van der Waals surface area contributed by atoms with E-state index < -0.39 is 42.0 Å². The summed E-state index contributed by atoms with van der Waals surface area (Å²) in [4.78, 5) is 41.2. The van der Waals surface area contributed by atoms with Gasteiger partial charge in [0.25, 0.3) is 5.91 Å². The first-order valence-corrected chi connectivity index (χ1v) is 10.5. The van der Waals surface area contributed by atoms with E-state index in [1.165, 1.54) is 24.0 Å². The van der Waals surface area contributed by atoms with Crippen molar-refractivity contribution in [2.75, 3.05) is 25.1 Å². The Labute approximate surface area is 193 Å². The lowest BCUT2D eigenvalue weighted by Crippen LogP contribution is -2.46. The molecule has 2 aliphatic rings. The molecule has 1 atom stereocenters. The summed E-state index contributed by atoms with van der Waals surface area (Å²) in [7, 11) is 1.55. The van der Waals surface area contributed by atoms with Crippen molar-refractivity contribution < 1.29 is 37.0 Å². The van der Waals surface area contributed by atoms with Gasteiger partial charge in [-0.05, 0) is 61.2 Å². The molecule has 180 valence electrons. The molecule has 1 N–H and O–H groups in total. The maximum atomic E-state index is 13.1. The summed E-state index contributed by atoms with van der Waals surface area (Å²) in [5, 5.41) is 2.54. The molecule has 1 unspecified atom stereocenters. The molecule has 4 amide bonds. The number of carbonyl (C=O) groups is 3. The first kappa shape index (κ1) is 23.4. The predicted octanol–water partition coefficient (Wildman–Crippen LogP) is 3.34. The fourth-order valence-electron chi connectivity index (χ4n) is 4.21. The van der Waals surface area contributed by atoms with Gasteiger partial charge in [0.15, 0.2) is 0 Å². The smallest absolute Gasteiger partial charge is 0.497 e. The Morgan fingerprint density at radius 1 is 1.12 bits per heavy atom. The third-order valence-corrected chi connectivity index (χ3v) is 5.94. The minimum absolute atomic E-state index is 0.255. The molecule has 2 heterocycles. The number of aryl methyl sites for hydroxylation is 1. The van der Waals surface area contributed by atoms with Crippen LogP contribution in [-0.4, -0.2) is 49.3 Å². The highest BCUT2D eigenvalue weighted by Gasteiger charge is 2.50. The minimum Gasteiger partial charge on any atom is -0.497 e. The first-order valence-electron chi connectivity index (χ1n) is 10.5. The van der Waals surface area contributed by atoms with Crippen LogP contribution < -0.4 is 19.7 Å². The van der Waals surface area contributed by atoms with Gasteiger partial charge in [-0.25, -0.2) is 4.79 Å². The van der Waals surface area contributed by atoms with Gasteiger partial charge in [0, 0.05) is 12.2 Å². The molecule has 0 bridgehead atoms. The molecule has 2 aromatic carbocycles. The zero-order valence-corrected chi connectivity index (χ0v) is 18.4. The van der Waals surface area contributed by atoms with E-state index in [0.717, 1.165) is 35.4 Å². The largest absolute Gasteiger partial charge is 0.573 e. The van der Waals surface area contributed by atoms with Crippen LogP contribution in [-0.2, 0) is 21.5 Å². The lowest BCUT2D eigenvalue weighted by molar-refractivity contribution is -0.274. The van der Waals surface area contributed by atoms with Crippen LogP contribution in [0.5, 0.6) is 11.5 Å². The van der Waals surface area contributed by atoms with Crippen molar-refractivity contribution >= 4 is 23.5 Å². The minimum atomic E-state index is -4.85. The molecule has 1 fully saturated rings. The Kier molecular flexibility index (Phi) is 5.88. The molecule has 1 saturated heterocycles. The fourth-order valence-corrected chi connectivity index (χ4v) is 4.21. The van der Waals surface area contributed by atoms with E-state index in [1.807, 2.05) is 6.07 Å². The van der Waals surface area contributed by atoms with Crippen LogP contribution in [0.25, 0.3) is 0 Å². The third kappa shape index (κ3) is 4.37. The van der Waals surface area contributed by atoms with Gasteiger partial charge in [-0.2, -0.15) is 0 Å². The number of amides is 4. The molecule has 0 saturated carbocycles. The second kappa shape index (κ2) is 8.54. The topological polar surface area (TPSA) is 88.2 Å². The van der Waals surface area contributed by atoms with Crippen LogP contribution in [0.3, 0.4) is 0 Å². The number of halogens is 3. The number of carbonyl (C=O) groups excluding carboxylic acids is 3. The van der Waals surface area contributed by atoms with Crippen molar-refractivity contribution in [2.45, 2.75) is 31.7 Å². The maximum Gasteiger partial charge on any atom is 0.573 e. The quantitative estimate of drug-likeness (QED) is 0.668. The van der Waals surface area contributed by atoms with Crippen LogP contribution >= 0.6 is 0 Å². The zero-order chi connectivity index (χ0) is 24.7. The standard InChI is InChI=1S/C23H22F3N3O5/c1-22(15-5-7-16(8-6-15)34-23(24,25)26)20(31)29(21(32)27-22)13-19(30)28-11-3-4-14-12-17(33-2)9-10-18(14)28/h5-10,12H,3-4,11,13H2,1-2H3,(H,27,32). The lowest BCUT2D eigenvalue weighted by atomic mass is 9.92. The van der Waals surface area contributed by atoms with Crippen LogP contribution in [0.4, 0.5) is 23.7 Å². The van der Waals surface area contributed by atoms with Crippen molar-refractivity contribution in [3.8, 4) is 11.5 Å². The number of hydrogen-bond acceptors (Lipinski definition) is 5. The number of hydrogen-bond donors (Lipinski definition) is 1. The van der Waals surface area contributed by atoms with Crippen LogP contribution in [0, 0.1) is 0 Å². The van der Waals surface area contributed by atoms with Crippen molar-refractivity contribution in [1.82, 2.24) is 10.2 Å². The number of nitrogens with one attached hydrogen (secondary N) is 1. The molecule has 0 aromatic heterocycles. The van der Waals surface area contributed by atoms with Crippen LogP contribution in [0.1, 0.15) is 24.5 Å². The van der Waals surface area contributed by atoms with Gasteiger partial charge in [-0.3, -0.25) is 14.5 Å². The third-order valence-electron chi connectivity index (χ3n) is 5.94.